The van der Waals surface area contributed by atoms with Crippen LogP contribution in [0.25, 0.3) is 0 Å². The summed E-state index contributed by atoms with van der Waals surface area (Å²) in [6, 6.07) is 2.37. The van der Waals surface area contributed by atoms with E-state index in [0.717, 1.165) is 0 Å². The van der Waals surface area contributed by atoms with E-state index in [2.05, 4.69) is 6.92 Å². The Balaban J connectivity index is 3.21. The van der Waals surface area contributed by atoms with Crippen LogP contribution in [0.1, 0.15) is 5.56 Å². The maximum Gasteiger partial charge on any atom is 0.149 e. The maximum absolute atomic E-state index is 12.6. The largest absolute Gasteiger partial charge is 0.394 e. The lowest BCUT2D eigenvalue weighted by atomic mass is 10.1. The van der Waals surface area contributed by atoms with Crippen LogP contribution in [-0.4, -0.2) is 0 Å². The topological polar surface area (TPSA) is 26.0 Å². The number of nitrogens with two attached hydrogens (primary N) is 1. The summed E-state index contributed by atoms with van der Waals surface area (Å²) >= 11 is 0. The second-order valence-electron chi connectivity index (χ2n) is 2.22. The third-order valence-electron chi connectivity index (χ3n) is 1.43. The van der Waals surface area contributed by atoms with Gasteiger partial charge in [0.15, 0.2) is 0 Å². The van der Waals surface area contributed by atoms with E-state index in [1.165, 1.54) is 12.1 Å². The fraction of sp³-hybridized carbons (Fsp3) is 0.125. The third kappa shape index (κ3) is 1.48. The maximum atomic E-state index is 12.6. The first-order valence-electron chi connectivity index (χ1n) is 3.17. The first kappa shape index (κ1) is 7.98. The van der Waals surface area contributed by atoms with Gasteiger partial charge in [0, 0.05) is 0 Å². The molecule has 11 heavy (non-hydrogen) atoms. The van der Waals surface area contributed by atoms with Gasteiger partial charge in [-0.25, -0.2) is 8.78 Å². The Labute approximate surface area is 63.8 Å². The van der Waals surface area contributed by atoms with E-state index in [9.17, 15) is 8.78 Å². The van der Waals surface area contributed by atoms with Gasteiger partial charge in [-0.2, -0.15) is 0 Å². The molecule has 0 bridgehead atoms. The van der Waals surface area contributed by atoms with Gasteiger partial charge in [-0.1, -0.05) is 0 Å². The number of anilines is 1. The van der Waals surface area contributed by atoms with Gasteiger partial charge in [0.1, 0.15) is 17.3 Å². The van der Waals surface area contributed by atoms with Crippen molar-refractivity contribution in [3.63, 3.8) is 0 Å². The van der Waals surface area contributed by atoms with Crippen molar-refractivity contribution in [1.82, 2.24) is 0 Å². The van der Waals surface area contributed by atoms with Gasteiger partial charge in [0.25, 0.3) is 0 Å². The highest BCUT2D eigenvalue weighted by atomic mass is 19.1. The van der Waals surface area contributed by atoms with E-state index in [1.54, 1.807) is 0 Å². The fourth-order valence-electron chi connectivity index (χ4n) is 0.781. The Bertz CT molecular complexity index is 248. The summed E-state index contributed by atoms with van der Waals surface area (Å²) in [5.74, 6) is -1.44. The fourth-order valence-corrected chi connectivity index (χ4v) is 0.781. The molecule has 0 aliphatic heterocycles. The minimum atomic E-state index is -0.719. The molecule has 0 aromatic heterocycles. The molecule has 0 unspecified atom stereocenters. The zero-order valence-electron chi connectivity index (χ0n) is 5.90. The minimum absolute atomic E-state index is 0.355. The molecule has 0 aliphatic carbocycles. The Kier molecular flexibility index (Phi) is 2.08. The van der Waals surface area contributed by atoms with Gasteiger partial charge >= 0.3 is 0 Å². The molecule has 0 spiro atoms. The molecule has 1 radical (unpaired) electrons. The Morgan fingerprint density at radius 1 is 1.27 bits per heavy atom. The van der Waals surface area contributed by atoms with Gasteiger partial charge in [0.2, 0.25) is 0 Å². The van der Waals surface area contributed by atoms with E-state index >= 15 is 0 Å². The van der Waals surface area contributed by atoms with E-state index < -0.39 is 17.3 Å². The van der Waals surface area contributed by atoms with Crippen LogP contribution in [0.15, 0.2) is 12.1 Å². The van der Waals surface area contributed by atoms with Crippen LogP contribution in [-0.2, 0) is 6.42 Å². The van der Waals surface area contributed by atoms with Crippen molar-refractivity contribution in [2.24, 2.45) is 0 Å². The molecular weight excluding hydrogens is 148 g/mol. The van der Waals surface area contributed by atoms with E-state index in [0.29, 0.717) is 12.0 Å². The number of hydrogen-bond acceptors (Lipinski definition) is 1. The average Bonchev–Trinajstić information content (AvgIpc) is 1.99. The van der Waals surface area contributed by atoms with E-state index in [-0.39, 0.29) is 0 Å². The summed E-state index contributed by atoms with van der Waals surface area (Å²) in [4.78, 5) is 0. The molecular formula is C8H8F2N. The normalized spacial score (nSPS) is 10.1. The second kappa shape index (κ2) is 2.86. The van der Waals surface area contributed by atoms with Crippen LogP contribution in [0.4, 0.5) is 14.5 Å². The summed E-state index contributed by atoms with van der Waals surface area (Å²) in [5, 5.41) is 0. The van der Waals surface area contributed by atoms with Gasteiger partial charge in [-0.3, -0.25) is 0 Å². The van der Waals surface area contributed by atoms with Crippen LogP contribution in [0.2, 0.25) is 0 Å². The average molecular weight is 156 g/mol. The molecule has 0 heterocycles. The summed E-state index contributed by atoms with van der Waals surface area (Å²) in [5.41, 5.74) is 5.12. The molecule has 0 atom stereocenters. The van der Waals surface area contributed by atoms with Gasteiger partial charge in [-0.05, 0) is 31.0 Å². The molecule has 1 aromatic carbocycles. The zero-order valence-corrected chi connectivity index (χ0v) is 5.90. The molecule has 0 aliphatic rings. The van der Waals surface area contributed by atoms with Crippen LogP contribution < -0.4 is 5.73 Å². The second-order valence-corrected chi connectivity index (χ2v) is 2.22. The predicted molar refractivity (Wildman–Crippen MR) is 39.8 cm³/mol. The molecule has 59 valence electrons. The quantitative estimate of drug-likeness (QED) is 0.617. The van der Waals surface area contributed by atoms with Gasteiger partial charge in [-0.15, -0.1) is 0 Å². The standard InChI is InChI=1S/C8H8F2N/c1-2-5-3-6(9)8(11)7(10)4-5/h3-4H,1-2,11H2. The first-order chi connectivity index (χ1) is 5.15. The first-order valence-corrected chi connectivity index (χ1v) is 3.17. The predicted octanol–water partition coefficient (Wildman–Crippen LogP) is 1.92. The van der Waals surface area contributed by atoms with Crippen molar-refractivity contribution in [3.8, 4) is 0 Å². The van der Waals surface area contributed by atoms with Crippen molar-refractivity contribution in [2.45, 2.75) is 6.42 Å². The van der Waals surface area contributed by atoms with E-state index in [4.69, 9.17) is 5.73 Å². The molecule has 3 heteroatoms. The molecule has 1 rings (SSSR count). The highest BCUT2D eigenvalue weighted by Crippen LogP contribution is 2.16. The highest BCUT2D eigenvalue weighted by Gasteiger charge is 2.05. The summed E-state index contributed by atoms with van der Waals surface area (Å²) in [6.45, 7) is 3.49. The number of rotatable bonds is 1. The lowest BCUT2D eigenvalue weighted by molar-refractivity contribution is 0.589. The SMILES string of the molecule is [CH2]Cc1cc(F)c(N)c(F)c1. The minimum Gasteiger partial charge on any atom is -0.394 e. The summed E-state index contributed by atoms with van der Waals surface area (Å²) in [7, 11) is 0. The van der Waals surface area contributed by atoms with Crippen molar-refractivity contribution >= 4 is 5.69 Å². The van der Waals surface area contributed by atoms with E-state index in [1.807, 2.05) is 0 Å². The lowest BCUT2D eigenvalue weighted by Gasteiger charge is -2.00. The molecule has 0 saturated heterocycles. The lowest BCUT2D eigenvalue weighted by Crippen LogP contribution is -1.96. The van der Waals surface area contributed by atoms with Gasteiger partial charge in [0.05, 0.1) is 0 Å². The Morgan fingerprint density at radius 2 is 1.73 bits per heavy atom. The van der Waals surface area contributed by atoms with Crippen LogP contribution >= 0.6 is 0 Å². The molecule has 1 nitrogen and oxygen atoms in total. The van der Waals surface area contributed by atoms with Crippen molar-refractivity contribution < 1.29 is 8.78 Å². The summed E-state index contributed by atoms with van der Waals surface area (Å²) < 4.78 is 25.3. The Hall–Kier alpha value is -1.12. The summed E-state index contributed by atoms with van der Waals surface area (Å²) in [6.07, 6.45) is 0.355. The van der Waals surface area contributed by atoms with Crippen molar-refractivity contribution in [1.29, 1.82) is 0 Å². The smallest absolute Gasteiger partial charge is 0.149 e. The molecule has 0 amide bonds. The van der Waals surface area contributed by atoms with Crippen LogP contribution in [0.3, 0.4) is 0 Å². The van der Waals surface area contributed by atoms with Crippen molar-refractivity contribution in [2.75, 3.05) is 5.73 Å². The molecule has 0 saturated carbocycles. The molecule has 2 N–H and O–H groups in total. The van der Waals surface area contributed by atoms with Crippen molar-refractivity contribution in [3.05, 3.63) is 36.3 Å². The van der Waals surface area contributed by atoms with Crippen LogP contribution in [0.5, 0.6) is 0 Å². The molecule has 0 fully saturated rings. The Morgan fingerprint density at radius 3 is 2.09 bits per heavy atom. The van der Waals surface area contributed by atoms with Crippen LogP contribution in [0, 0.1) is 18.6 Å². The molecule has 1 aromatic rings. The monoisotopic (exact) mass is 156 g/mol. The third-order valence-corrected chi connectivity index (χ3v) is 1.43. The number of benzene rings is 1. The zero-order chi connectivity index (χ0) is 8.43. The highest BCUT2D eigenvalue weighted by molar-refractivity contribution is 5.43. The van der Waals surface area contributed by atoms with Gasteiger partial charge < -0.3 is 5.73 Å². The number of hydrogen-bond donors (Lipinski definition) is 1. The number of halogens is 2. The number of nitrogen functional groups attached to an aromatic ring is 1.